The average molecular weight is 388 g/mol. The summed E-state index contributed by atoms with van der Waals surface area (Å²) in [4.78, 5) is 33.1. The Kier molecular flexibility index (Phi) is 6.58. The predicted molar refractivity (Wildman–Crippen MR) is 106 cm³/mol. The van der Waals surface area contributed by atoms with Crippen LogP contribution in [0.25, 0.3) is 0 Å². The summed E-state index contributed by atoms with van der Waals surface area (Å²) in [5, 5.41) is 2.90. The van der Waals surface area contributed by atoms with Crippen molar-refractivity contribution in [2.45, 2.75) is 33.2 Å². The van der Waals surface area contributed by atoms with E-state index in [1.54, 1.807) is 17.5 Å². The summed E-state index contributed by atoms with van der Waals surface area (Å²) in [5.41, 5.74) is 1.74. The van der Waals surface area contributed by atoms with E-state index in [1.165, 1.54) is 0 Å². The number of nitrogens with one attached hydrogen (secondary N) is 1. The number of ether oxygens (including phenoxy) is 1. The number of rotatable bonds is 7. The minimum atomic E-state index is -0.113. The van der Waals surface area contributed by atoms with Gasteiger partial charge in [-0.25, -0.2) is 4.98 Å². The van der Waals surface area contributed by atoms with Gasteiger partial charge in [-0.05, 0) is 37.6 Å². The standard InChI is InChI=1S/C20H25N3O3S/c1-14-11-17(15(2)27-14)18(24)3-4-20(25)22-13-16-5-6-21-19(12-16)23-7-9-26-10-8-23/h5-6,11-12H,3-4,7-10,13H2,1-2H3,(H,22,25). The van der Waals surface area contributed by atoms with E-state index in [-0.39, 0.29) is 24.5 Å². The number of aromatic nitrogens is 1. The number of hydrogen-bond donors (Lipinski definition) is 1. The highest BCUT2D eigenvalue weighted by Gasteiger charge is 2.15. The molecular formula is C20H25N3O3S. The fraction of sp³-hybridized carbons (Fsp3) is 0.450. The first-order valence-corrected chi connectivity index (χ1v) is 9.99. The van der Waals surface area contributed by atoms with E-state index in [0.29, 0.717) is 19.8 Å². The summed E-state index contributed by atoms with van der Waals surface area (Å²) in [6.45, 7) is 7.43. The highest BCUT2D eigenvalue weighted by molar-refractivity contribution is 7.12. The lowest BCUT2D eigenvalue weighted by molar-refractivity contribution is -0.121. The van der Waals surface area contributed by atoms with Gasteiger partial charge in [-0.3, -0.25) is 9.59 Å². The van der Waals surface area contributed by atoms with Crippen LogP contribution in [0.15, 0.2) is 24.4 Å². The third kappa shape index (κ3) is 5.37. The molecular weight excluding hydrogens is 362 g/mol. The number of pyridine rings is 1. The predicted octanol–water partition coefficient (Wildman–Crippen LogP) is 2.88. The van der Waals surface area contributed by atoms with E-state index in [4.69, 9.17) is 4.74 Å². The SMILES string of the molecule is Cc1cc(C(=O)CCC(=O)NCc2ccnc(N3CCOCC3)c2)c(C)s1. The zero-order valence-corrected chi connectivity index (χ0v) is 16.6. The van der Waals surface area contributed by atoms with Crippen molar-refractivity contribution < 1.29 is 14.3 Å². The number of thiophene rings is 1. The van der Waals surface area contributed by atoms with Crippen LogP contribution in [-0.2, 0) is 16.1 Å². The van der Waals surface area contributed by atoms with Crippen molar-refractivity contribution in [3.05, 3.63) is 45.3 Å². The van der Waals surface area contributed by atoms with Crippen LogP contribution in [0, 0.1) is 13.8 Å². The number of Topliss-reactive ketones (excluding diaryl/α,β-unsaturated/α-hetero) is 1. The van der Waals surface area contributed by atoms with Crippen molar-refractivity contribution >= 4 is 28.8 Å². The monoisotopic (exact) mass is 387 g/mol. The molecule has 7 heteroatoms. The Balaban J connectivity index is 1.47. The smallest absolute Gasteiger partial charge is 0.220 e. The molecule has 0 bridgehead atoms. The van der Waals surface area contributed by atoms with Gasteiger partial charge >= 0.3 is 0 Å². The lowest BCUT2D eigenvalue weighted by atomic mass is 10.1. The van der Waals surface area contributed by atoms with Crippen LogP contribution < -0.4 is 10.2 Å². The molecule has 0 aliphatic carbocycles. The third-order valence-electron chi connectivity index (χ3n) is 4.56. The summed E-state index contributed by atoms with van der Waals surface area (Å²) < 4.78 is 5.36. The zero-order valence-electron chi connectivity index (χ0n) is 15.8. The van der Waals surface area contributed by atoms with Crippen LogP contribution in [0.4, 0.5) is 5.82 Å². The summed E-state index contributed by atoms with van der Waals surface area (Å²) >= 11 is 1.61. The van der Waals surface area contributed by atoms with Crippen molar-refractivity contribution in [3.8, 4) is 0 Å². The first-order chi connectivity index (χ1) is 13.0. The van der Waals surface area contributed by atoms with Gasteiger partial charge in [0.1, 0.15) is 5.82 Å². The van der Waals surface area contributed by atoms with Crippen molar-refractivity contribution in [1.29, 1.82) is 0 Å². The summed E-state index contributed by atoms with van der Waals surface area (Å²) in [7, 11) is 0. The molecule has 0 aromatic carbocycles. The maximum absolute atomic E-state index is 12.3. The van der Waals surface area contributed by atoms with Crippen LogP contribution in [0.1, 0.15) is 38.5 Å². The zero-order chi connectivity index (χ0) is 19.2. The molecule has 1 fully saturated rings. The molecule has 1 N–H and O–H groups in total. The molecule has 144 valence electrons. The topological polar surface area (TPSA) is 71.5 Å². The van der Waals surface area contributed by atoms with Gasteiger partial charge in [0.25, 0.3) is 0 Å². The molecule has 2 aromatic rings. The van der Waals surface area contributed by atoms with Crippen molar-refractivity contribution in [3.63, 3.8) is 0 Å². The lowest BCUT2D eigenvalue weighted by Gasteiger charge is -2.28. The second-order valence-electron chi connectivity index (χ2n) is 6.65. The molecule has 0 spiro atoms. The normalized spacial score (nSPS) is 14.2. The number of ketones is 1. The Morgan fingerprint density at radius 2 is 2.00 bits per heavy atom. The molecule has 3 heterocycles. The Bertz CT molecular complexity index is 813. The van der Waals surface area contributed by atoms with E-state index < -0.39 is 0 Å². The van der Waals surface area contributed by atoms with Gasteiger partial charge < -0.3 is 15.0 Å². The number of amides is 1. The first kappa shape index (κ1) is 19.5. The maximum atomic E-state index is 12.3. The number of carbonyl (C=O) groups is 2. The van der Waals surface area contributed by atoms with Crippen LogP contribution in [0.3, 0.4) is 0 Å². The molecule has 0 saturated carbocycles. The molecule has 3 rings (SSSR count). The number of morpholine rings is 1. The highest BCUT2D eigenvalue weighted by Crippen LogP contribution is 2.22. The van der Waals surface area contributed by atoms with E-state index >= 15 is 0 Å². The van der Waals surface area contributed by atoms with Crippen molar-refractivity contribution in [2.75, 3.05) is 31.2 Å². The van der Waals surface area contributed by atoms with Gasteiger partial charge in [-0.15, -0.1) is 11.3 Å². The number of anilines is 1. The van der Waals surface area contributed by atoms with Crippen LogP contribution >= 0.6 is 11.3 Å². The highest BCUT2D eigenvalue weighted by atomic mass is 32.1. The molecule has 2 aromatic heterocycles. The number of aryl methyl sites for hydroxylation is 2. The molecule has 1 aliphatic heterocycles. The average Bonchev–Trinajstić information content (AvgIpc) is 3.03. The third-order valence-corrected chi connectivity index (χ3v) is 5.52. The van der Waals surface area contributed by atoms with Gasteiger partial charge in [0.2, 0.25) is 5.91 Å². The van der Waals surface area contributed by atoms with Crippen molar-refractivity contribution in [1.82, 2.24) is 10.3 Å². The second-order valence-corrected chi connectivity index (χ2v) is 8.11. The van der Waals surface area contributed by atoms with Crippen LogP contribution in [0.2, 0.25) is 0 Å². The number of hydrogen-bond acceptors (Lipinski definition) is 6. The Morgan fingerprint density at radius 1 is 1.22 bits per heavy atom. The van der Waals surface area contributed by atoms with Crippen LogP contribution in [0.5, 0.6) is 0 Å². The van der Waals surface area contributed by atoms with E-state index in [2.05, 4.69) is 15.2 Å². The van der Waals surface area contributed by atoms with E-state index in [0.717, 1.165) is 39.8 Å². The summed E-state index contributed by atoms with van der Waals surface area (Å²) in [6, 6.07) is 5.80. The largest absolute Gasteiger partial charge is 0.378 e. The molecule has 0 radical (unpaired) electrons. The minimum absolute atomic E-state index is 0.0329. The van der Waals surface area contributed by atoms with Gasteiger partial charge in [0.05, 0.1) is 13.2 Å². The van der Waals surface area contributed by atoms with Gasteiger partial charge in [0, 0.05) is 54.0 Å². The molecule has 1 aliphatic rings. The number of nitrogens with zero attached hydrogens (tertiary/aromatic N) is 2. The number of carbonyl (C=O) groups excluding carboxylic acids is 2. The van der Waals surface area contributed by atoms with Crippen molar-refractivity contribution in [2.24, 2.45) is 0 Å². The van der Waals surface area contributed by atoms with Gasteiger partial charge in [0.15, 0.2) is 5.78 Å². The molecule has 0 atom stereocenters. The molecule has 6 nitrogen and oxygen atoms in total. The second kappa shape index (κ2) is 9.10. The quantitative estimate of drug-likeness (QED) is 0.740. The fourth-order valence-corrected chi connectivity index (χ4v) is 4.04. The molecule has 1 saturated heterocycles. The summed E-state index contributed by atoms with van der Waals surface area (Å²) in [5.74, 6) is 0.826. The Hall–Kier alpha value is -2.25. The van der Waals surface area contributed by atoms with E-state index in [1.807, 2.05) is 32.0 Å². The van der Waals surface area contributed by atoms with Gasteiger partial charge in [-0.2, -0.15) is 0 Å². The van der Waals surface area contributed by atoms with E-state index in [9.17, 15) is 9.59 Å². The van der Waals surface area contributed by atoms with Gasteiger partial charge in [-0.1, -0.05) is 0 Å². The first-order valence-electron chi connectivity index (χ1n) is 9.17. The maximum Gasteiger partial charge on any atom is 0.220 e. The Labute approximate surface area is 163 Å². The lowest BCUT2D eigenvalue weighted by Crippen LogP contribution is -2.36. The molecule has 1 amide bonds. The molecule has 0 unspecified atom stereocenters. The summed E-state index contributed by atoms with van der Waals surface area (Å²) in [6.07, 6.45) is 2.20. The molecule has 27 heavy (non-hydrogen) atoms. The van der Waals surface area contributed by atoms with Crippen LogP contribution in [-0.4, -0.2) is 43.0 Å². The fourth-order valence-electron chi connectivity index (χ4n) is 3.09. The minimum Gasteiger partial charge on any atom is -0.378 e. The Morgan fingerprint density at radius 3 is 2.70 bits per heavy atom.